The van der Waals surface area contributed by atoms with Crippen LogP contribution in [0, 0.1) is 13.8 Å². The molecule has 4 nitrogen and oxygen atoms in total. The van der Waals surface area contributed by atoms with Crippen LogP contribution < -0.4 is 10.1 Å². The standard InChI is InChI=1S/C14H16N2O2S/c1-9-4-5-12(10(2)8-9)18-11(3)13(17)16-14-15-6-7-19-14/h4-8,11H,1-3H3,(H,15,16,17)/t11-/m1/s1. The number of aromatic nitrogens is 1. The molecule has 0 spiro atoms. The predicted octanol–water partition coefficient (Wildman–Crippen LogP) is 3.17. The lowest BCUT2D eigenvalue weighted by atomic mass is 10.1. The smallest absolute Gasteiger partial charge is 0.266 e. The van der Waals surface area contributed by atoms with Gasteiger partial charge in [0.15, 0.2) is 11.2 Å². The van der Waals surface area contributed by atoms with Gasteiger partial charge in [-0.05, 0) is 32.4 Å². The molecule has 0 radical (unpaired) electrons. The molecule has 0 bridgehead atoms. The van der Waals surface area contributed by atoms with Crippen LogP contribution >= 0.6 is 11.3 Å². The highest BCUT2D eigenvalue weighted by Crippen LogP contribution is 2.20. The molecule has 0 aliphatic heterocycles. The summed E-state index contributed by atoms with van der Waals surface area (Å²) in [5.41, 5.74) is 2.19. The van der Waals surface area contributed by atoms with E-state index in [1.54, 1.807) is 13.1 Å². The number of nitrogens with one attached hydrogen (secondary N) is 1. The third kappa shape index (κ3) is 3.54. The average molecular weight is 276 g/mol. The molecule has 0 unspecified atom stereocenters. The predicted molar refractivity (Wildman–Crippen MR) is 76.7 cm³/mol. The Morgan fingerprint density at radius 2 is 2.21 bits per heavy atom. The SMILES string of the molecule is Cc1ccc(O[C@H](C)C(=O)Nc2nccs2)c(C)c1. The summed E-state index contributed by atoms with van der Waals surface area (Å²) in [4.78, 5) is 15.9. The Morgan fingerprint density at radius 1 is 1.42 bits per heavy atom. The number of benzene rings is 1. The molecule has 5 heteroatoms. The zero-order valence-electron chi connectivity index (χ0n) is 11.1. The van der Waals surface area contributed by atoms with Crippen molar-refractivity contribution in [3.63, 3.8) is 0 Å². The maximum atomic E-state index is 11.9. The Morgan fingerprint density at radius 3 is 2.84 bits per heavy atom. The first-order chi connectivity index (χ1) is 9.06. The Bertz CT molecular complexity index is 567. The second kappa shape index (κ2) is 5.84. The monoisotopic (exact) mass is 276 g/mol. The number of carbonyl (C=O) groups excluding carboxylic acids is 1. The van der Waals surface area contributed by atoms with Crippen molar-refractivity contribution in [2.75, 3.05) is 5.32 Å². The molecule has 1 atom stereocenters. The summed E-state index contributed by atoms with van der Waals surface area (Å²) in [5, 5.41) is 5.11. The number of hydrogen-bond donors (Lipinski definition) is 1. The normalized spacial score (nSPS) is 11.9. The van der Waals surface area contributed by atoms with Gasteiger partial charge in [0.25, 0.3) is 5.91 Å². The molecular formula is C14H16N2O2S. The van der Waals surface area contributed by atoms with Crippen LogP contribution in [0.25, 0.3) is 0 Å². The Balaban J connectivity index is 2.00. The minimum absolute atomic E-state index is 0.199. The van der Waals surface area contributed by atoms with Crippen molar-refractivity contribution in [1.82, 2.24) is 4.98 Å². The van der Waals surface area contributed by atoms with Crippen LogP contribution in [-0.2, 0) is 4.79 Å². The molecule has 0 aliphatic rings. The first-order valence-electron chi connectivity index (χ1n) is 6.00. The highest BCUT2D eigenvalue weighted by molar-refractivity contribution is 7.13. The lowest BCUT2D eigenvalue weighted by molar-refractivity contribution is -0.122. The zero-order chi connectivity index (χ0) is 13.8. The fraction of sp³-hybridized carbons (Fsp3) is 0.286. The van der Waals surface area contributed by atoms with Crippen molar-refractivity contribution in [2.24, 2.45) is 0 Å². The molecule has 1 N–H and O–H groups in total. The number of nitrogens with zero attached hydrogens (tertiary/aromatic N) is 1. The summed E-state index contributed by atoms with van der Waals surface area (Å²) < 4.78 is 5.68. The Hall–Kier alpha value is -1.88. The largest absolute Gasteiger partial charge is 0.481 e. The lowest BCUT2D eigenvalue weighted by Gasteiger charge is -2.15. The third-order valence-electron chi connectivity index (χ3n) is 2.67. The van der Waals surface area contributed by atoms with Crippen molar-refractivity contribution >= 4 is 22.4 Å². The average Bonchev–Trinajstić information content (AvgIpc) is 2.85. The van der Waals surface area contributed by atoms with Crippen LogP contribution in [0.1, 0.15) is 18.1 Å². The van der Waals surface area contributed by atoms with Crippen molar-refractivity contribution in [2.45, 2.75) is 26.9 Å². The summed E-state index contributed by atoms with van der Waals surface area (Å²) in [7, 11) is 0. The Labute approximate surface area is 116 Å². The van der Waals surface area contributed by atoms with Crippen molar-refractivity contribution in [1.29, 1.82) is 0 Å². The minimum atomic E-state index is -0.565. The van der Waals surface area contributed by atoms with Gasteiger partial charge < -0.3 is 4.74 Å². The van der Waals surface area contributed by atoms with Crippen LogP contribution in [0.15, 0.2) is 29.8 Å². The van der Waals surface area contributed by atoms with E-state index in [2.05, 4.69) is 10.3 Å². The number of amides is 1. The molecule has 1 aromatic carbocycles. The van der Waals surface area contributed by atoms with E-state index in [0.29, 0.717) is 5.13 Å². The van der Waals surface area contributed by atoms with E-state index in [1.165, 1.54) is 16.9 Å². The first-order valence-corrected chi connectivity index (χ1v) is 6.88. The van der Waals surface area contributed by atoms with E-state index in [1.807, 2.05) is 37.4 Å². The zero-order valence-corrected chi connectivity index (χ0v) is 12.0. The highest BCUT2D eigenvalue weighted by atomic mass is 32.1. The number of thiazole rings is 1. The van der Waals surface area contributed by atoms with Gasteiger partial charge in [-0.3, -0.25) is 10.1 Å². The van der Waals surface area contributed by atoms with Crippen LogP contribution in [0.4, 0.5) is 5.13 Å². The van der Waals surface area contributed by atoms with Crippen LogP contribution in [0.5, 0.6) is 5.75 Å². The van der Waals surface area contributed by atoms with E-state index in [0.717, 1.165) is 11.3 Å². The van der Waals surface area contributed by atoms with Gasteiger partial charge in [0.1, 0.15) is 5.75 Å². The molecule has 2 rings (SSSR count). The van der Waals surface area contributed by atoms with E-state index in [9.17, 15) is 4.79 Å². The quantitative estimate of drug-likeness (QED) is 0.933. The molecule has 1 heterocycles. The molecule has 0 saturated heterocycles. The molecule has 19 heavy (non-hydrogen) atoms. The maximum absolute atomic E-state index is 11.9. The van der Waals surface area contributed by atoms with Gasteiger partial charge in [-0.1, -0.05) is 17.7 Å². The maximum Gasteiger partial charge on any atom is 0.266 e. The molecule has 0 fully saturated rings. The first kappa shape index (κ1) is 13.5. The summed E-state index contributed by atoms with van der Waals surface area (Å²) in [6.07, 6.45) is 1.08. The van der Waals surface area contributed by atoms with E-state index in [4.69, 9.17) is 4.74 Å². The van der Waals surface area contributed by atoms with Gasteiger partial charge in [0.05, 0.1) is 0 Å². The molecule has 0 aliphatic carbocycles. The highest BCUT2D eigenvalue weighted by Gasteiger charge is 2.16. The van der Waals surface area contributed by atoms with Gasteiger partial charge in [-0.25, -0.2) is 4.98 Å². The van der Waals surface area contributed by atoms with Crippen molar-refractivity contribution in [3.05, 3.63) is 40.9 Å². The van der Waals surface area contributed by atoms with E-state index in [-0.39, 0.29) is 5.91 Å². The second-order valence-corrected chi connectivity index (χ2v) is 5.25. The van der Waals surface area contributed by atoms with E-state index >= 15 is 0 Å². The fourth-order valence-electron chi connectivity index (χ4n) is 1.67. The molecular weight excluding hydrogens is 260 g/mol. The van der Waals surface area contributed by atoms with Crippen molar-refractivity contribution < 1.29 is 9.53 Å². The van der Waals surface area contributed by atoms with Gasteiger partial charge in [0, 0.05) is 11.6 Å². The molecule has 0 saturated carbocycles. The third-order valence-corrected chi connectivity index (χ3v) is 3.35. The van der Waals surface area contributed by atoms with Crippen molar-refractivity contribution in [3.8, 4) is 5.75 Å². The number of aryl methyl sites for hydroxylation is 2. The lowest BCUT2D eigenvalue weighted by Crippen LogP contribution is -2.30. The summed E-state index contributed by atoms with van der Waals surface area (Å²) >= 11 is 1.38. The van der Waals surface area contributed by atoms with Crippen LogP contribution in [0.2, 0.25) is 0 Å². The van der Waals surface area contributed by atoms with Gasteiger partial charge >= 0.3 is 0 Å². The van der Waals surface area contributed by atoms with Gasteiger partial charge in [-0.2, -0.15) is 0 Å². The number of hydrogen-bond acceptors (Lipinski definition) is 4. The Kier molecular flexibility index (Phi) is 4.16. The fourth-order valence-corrected chi connectivity index (χ4v) is 2.20. The number of rotatable bonds is 4. The molecule has 1 aromatic heterocycles. The number of anilines is 1. The summed E-state index contributed by atoms with van der Waals surface area (Å²) in [5.74, 6) is 0.530. The number of ether oxygens (including phenoxy) is 1. The number of carbonyl (C=O) groups is 1. The van der Waals surface area contributed by atoms with Gasteiger partial charge in [0.2, 0.25) is 0 Å². The topological polar surface area (TPSA) is 51.2 Å². The minimum Gasteiger partial charge on any atom is -0.481 e. The summed E-state index contributed by atoms with van der Waals surface area (Å²) in [6, 6.07) is 5.88. The van der Waals surface area contributed by atoms with Gasteiger partial charge in [-0.15, -0.1) is 11.3 Å². The van der Waals surface area contributed by atoms with Crippen LogP contribution in [0.3, 0.4) is 0 Å². The molecule has 1 amide bonds. The van der Waals surface area contributed by atoms with E-state index < -0.39 is 6.10 Å². The van der Waals surface area contributed by atoms with Crippen LogP contribution in [-0.4, -0.2) is 17.0 Å². The summed E-state index contributed by atoms with van der Waals surface area (Å²) in [6.45, 7) is 5.71. The molecule has 2 aromatic rings. The molecule has 100 valence electrons. The second-order valence-electron chi connectivity index (χ2n) is 4.36.